The molecule has 0 spiro atoms. The first-order valence-electron chi connectivity index (χ1n) is 9.81. The third kappa shape index (κ3) is 6.65. The summed E-state index contributed by atoms with van der Waals surface area (Å²) in [4.78, 5) is 2.64. The van der Waals surface area contributed by atoms with Gasteiger partial charge in [-0.05, 0) is 24.3 Å². The summed E-state index contributed by atoms with van der Waals surface area (Å²) < 4.78 is 72.3. The Kier molecular flexibility index (Phi) is 8.38. The predicted octanol–water partition coefficient (Wildman–Crippen LogP) is 3.36. The first-order chi connectivity index (χ1) is 15.9. The lowest BCUT2D eigenvalue weighted by Crippen LogP contribution is -2.38. The summed E-state index contributed by atoms with van der Waals surface area (Å²) in [5, 5.41) is 1.85. The molecule has 10 nitrogen and oxygen atoms in total. The Labute approximate surface area is 215 Å². The van der Waals surface area contributed by atoms with Gasteiger partial charge in [-0.1, -0.05) is 34.7 Å². The number of aromatic nitrogens is 1. The number of rotatable bonds is 8. The van der Waals surface area contributed by atoms with Crippen molar-refractivity contribution in [1.82, 2.24) is 0 Å². The summed E-state index contributed by atoms with van der Waals surface area (Å²) >= 11 is 8.97. The van der Waals surface area contributed by atoms with Crippen LogP contribution in [0.2, 0.25) is 5.02 Å². The Morgan fingerprint density at radius 2 is 1.80 bits per heavy atom. The third-order valence-electron chi connectivity index (χ3n) is 5.02. The van der Waals surface area contributed by atoms with Crippen LogP contribution in [-0.4, -0.2) is 56.6 Å². The van der Waals surface area contributed by atoms with Crippen LogP contribution in [0.1, 0.15) is 5.01 Å². The van der Waals surface area contributed by atoms with Crippen molar-refractivity contribution in [3.05, 3.63) is 51.5 Å². The summed E-state index contributed by atoms with van der Waals surface area (Å²) in [5.41, 5.74) is 1.44. The van der Waals surface area contributed by atoms with E-state index in [0.29, 0.717) is 26.3 Å². The molecule has 2 heterocycles. The average Bonchev–Trinajstić information content (AvgIpc) is 3.25. The number of aryl methyl sites for hydroxylation is 1. The van der Waals surface area contributed by atoms with E-state index in [0.717, 1.165) is 15.3 Å². The molecule has 1 aliphatic rings. The highest BCUT2D eigenvalue weighted by atomic mass is 35.5. The lowest BCUT2D eigenvalue weighted by molar-refractivity contribution is -0.664. The minimum atomic E-state index is -4.21. The van der Waals surface area contributed by atoms with Crippen LogP contribution in [0.15, 0.2) is 46.3 Å². The number of benzene rings is 2. The summed E-state index contributed by atoms with van der Waals surface area (Å²) in [6.45, 7) is -0.00563. The number of thioether (sulfide) groups is 1. The number of halogens is 1. The monoisotopic (exact) mass is 580 g/mol. The number of thiazole rings is 1. The topological polar surface area (TPSA) is 155 Å². The van der Waals surface area contributed by atoms with Crippen molar-refractivity contribution in [3.8, 4) is 5.75 Å². The average molecular weight is 581 g/mol. The highest BCUT2D eigenvalue weighted by Crippen LogP contribution is 2.48. The molecule has 4 rings (SSSR count). The molecular formula is C20H21ClN2O8S4. The van der Waals surface area contributed by atoms with Gasteiger partial charge >= 0.3 is 0 Å². The first kappa shape index (κ1) is 27.7. The van der Waals surface area contributed by atoms with E-state index in [1.54, 1.807) is 33.7 Å². The Hall–Kier alpha value is -1.91. The number of ether oxygens (including phenoxy) is 1. The summed E-state index contributed by atoms with van der Waals surface area (Å²) in [6, 6.07) is 10.7. The molecule has 3 aromatic rings. The third-order valence-corrected chi connectivity index (χ3v) is 8.88. The van der Waals surface area contributed by atoms with Crippen LogP contribution in [0.5, 0.6) is 5.75 Å². The van der Waals surface area contributed by atoms with Crippen molar-refractivity contribution in [2.75, 3.05) is 30.1 Å². The lowest BCUT2D eigenvalue weighted by Gasteiger charge is -2.19. The Bertz CT molecular complexity index is 1500. The van der Waals surface area contributed by atoms with Crippen LogP contribution in [0.25, 0.3) is 16.3 Å². The number of methoxy groups -OCH3 is 1. The maximum Gasteiger partial charge on any atom is 0.271 e. The molecule has 35 heavy (non-hydrogen) atoms. The highest BCUT2D eigenvalue weighted by molar-refractivity contribution is 8.04. The standard InChI is InChI=1S/C20H19ClN2O7S4.H2O/c1-30-14-3-5-18-16(11-14)23(7-9-34(27,28)29)20(32-18)12-19-22(6-8-33(24,25)26)15-10-13(21)2-4-17(15)31-19;/h2-5,10-12H,6-9H2,1H3,(H-,24,25,26,27,28,29);1H2. The van der Waals surface area contributed by atoms with Gasteiger partial charge in [0, 0.05) is 28.6 Å². The zero-order valence-electron chi connectivity index (χ0n) is 18.2. The van der Waals surface area contributed by atoms with Crippen LogP contribution in [0, 0.1) is 0 Å². The molecule has 2 aromatic carbocycles. The van der Waals surface area contributed by atoms with Crippen molar-refractivity contribution in [3.63, 3.8) is 0 Å². The summed E-state index contributed by atoms with van der Waals surface area (Å²) in [7, 11) is -6.88. The maximum absolute atomic E-state index is 11.5. The minimum Gasteiger partial charge on any atom is -0.870 e. The molecule has 0 fully saturated rings. The molecule has 0 atom stereocenters. The Morgan fingerprint density at radius 3 is 2.46 bits per heavy atom. The number of hydrogen-bond donors (Lipinski definition) is 2. The van der Waals surface area contributed by atoms with Gasteiger partial charge in [0.15, 0.2) is 6.54 Å². The van der Waals surface area contributed by atoms with Crippen LogP contribution in [0.3, 0.4) is 0 Å². The number of anilines is 1. The molecule has 0 saturated heterocycles. The molecule has 3 N–H and O–H groups in total. The van der Waals surface area contributed by atoms with Gasteiger partial charge in [0.05, 0.1) is 29.7 Å². The van der Waals surface area contributed by atoms with Crippen molar-refractivity contribution in [1.29, 1.82) is 0 Å². The van der Waals surface area contributed by atoms with Gasteiger partial charge in [-0.25, -0.2) is 0 Å². The zero-order chi connectivity index (χ0) is 24.7. The van der Waals surface area contributed by atoms with Gasteiger partial charge in [0.1, 0.15) is 16.2 Å². The van der Waals surface area contributed by atoms with Gasteiger partial charge in [-0.15, -0.1) is 0 Å². The molecule has 0 bridgehead atoms. The van der Waals surface area contributed by atoms with Crippen molar-refractivity contribution >= 4 is 76.9 Å². The molecule has 15 heteroatoms. The van der Waals surface area contributed by atoms with Crippen LogP contribution >= 0.6 is 34.7 Å². The van der Waals surface area contributed by atoms with Gasteiger partial charge < -0.3 is 15.1 Å². The zero-order valence-corrected chi connectivity index (χ0v) is 22.2. The minimum absolute atomic E-state index is 0. The van der Waals surface area contributed by atoms with Crippen LogP contribution in [0.4, 0.5) is 5.69 Å². The Morgan fingerprint density at radius 1 is 1.09 bits per heavy atom. The van der Waals surface area contributed by atoms with E-state index in [-0.39, 0.29) is 18.6 Å². The Balaban J connectivity index is 0.00000342. The quantitative estimate of drug-likeness (QED) is 0.299. The molecule has 190 valence electrons. The number of fused-ring (bicyclic) bond motifs is 2. The summed E-state index contributed by atoms with van der Waals surface area (Å²) in [6.07, 6.45) is 1.82. The van der Waals surface area contributed by atoms with E-state index in [2.05, 4.69) is 0 Å². The van der Waals surface area contributed by atoms with E-state index < -0.39 is 31.7 Å². The molecular weight excluding hydrogens is 560 g/mol. The fraction of sp³-hybridized carbons (Fsp3) is 0.250. The molecule has 0 unspecified atom stereocenters. The molecule has 0 saturated carbocycles. The van der Waals surface area contributed by atoms with Crippen LogP contribution in [-0.2, 0) is 26.8 Å². The SMILES string of the molecule is COc1ccc2c(c1)N(CCS(=O)(=O)O)C(=Cc1sc3ccc(Cl)cc3[n+]1CCS(=O)(=O)O)S2.[OH-]. The molecule has 0 radical (unpaired) electrons. The van der Waals surface area contributed by atoms with E-state index in [4.69, 9.17) is 16.3 Å². The van der Waals surface area contributed by atoms with E-state index in [1.807, 2.05) is 18.2 Å². The molecule has 1 aliphatic heterocycles. The number of hydrogen-bond acceptors (Lipinski definition) is 9. The van der Waals surface area contributed by atoms with Gasteiger partial charge in [0.2, 0.25) is 5.52 Å². The van der Waals surface area contributed by atoms with Crippen molar-refractivity contribution < 1.29 is 40.7 Å². The molecule has 1 aromatic heterocycles. The van der Waals surface area contributed by atoms with Crippen molar-refractivity contribution in [2.24, 2.45) is 0 Å². The second-order valence-electron chi connectivity index (χ2n) is 7.35. The second kappa shape index (κ2) is 10.6. The largest absolute Gasteiger partial charge is 0.870 e. The summed E-state index contributed by atoms with van der Waals surface area (Å²) in [5.74, 6) is -0.368. The fourth-order valence-electron chi connectivity index (χ4n) is 3.48. The molecule has 0 aliphatic carbocycles. The number of nitrogens with zero attached hydrogens (tertiary/aromatic N) is 2. The van der Waals surface area contributed by atoms with Crippen molar-refractivity contribution in [2.45, 2.75) is 11.4 Å². The normalized spacial score (nSPS) is 14.9. The van der Waals surface area contributed by atoms with E-state index in [1.165, 1.54) is 30.2 Å². The van der Waals surface area contributed by atoms with E-state index >= 15 is 0 Å². The first-order valence-corrected chi connectivity index (χ1v) is 15.0. The smallest absolute Gasteiger partial charge is 0.271 e. The van der Waals surface area contributed by atoms with Crippen LogP contribution < -0.4 is 14.2 Å². The fourth-order valence-corrected chi connectivity index (χ4v) is 6.76. The predicted molar refractivity (Wildman–Crippen MR) is 136 cm³/mol. The second-order valence-corrected chi connectivity index (χ2v) is 13.1. The lowest BCUT2D eigenvalue weighted by atomic mass is 10.2. The molecule has 0 amide bonds. The maximum atomic E-state index is 11.5. The highest BCUT2D eigenvalue weighted by Gasteiger charge is 2.30. The van der Waals surface area contributed by atoms with Gasteiger partial charge in [-0.3, -0.25) is 9.11 Å². The van der Waals surface area contributed by atoms with Gasteiger partial charge in [-0.2, -0.15) is 21.4 Å². The van der Waals surface area contributed by atoms with Gasteiger partial charge in [0.25, 0.3) is 25.2 Å². The van der Waals surface area contributed by atoms with E-state index in [9.17, 15) is 25.9 Å².